The summed E-state index contributed by atoms with van der Waals surface area (Å²) < 4.78 is 0. The fourth-order valence-electron chi connectivity index (χ4n) is 1.30. The van der Waals surface area contributed by atoms with Gasteiger partial charge < -0.3 is 15.3 Å². The predicted octanol–water partition coefficient (Wildman–Crippen LogP) is 2.56. The lowest BCUT2D eigenvalue weighted by Gasteiger charge is -2.16. The van der Waals surface area contributed by atoms with Crippen molar-refractivity contribution in [3.8, 4) is 11.8 Å². The molecule has 102 valence electrons. The summed E-state index contributed by atoms with van der Waals surface area (Å²) in [5.41, 5.74) is 1.25. The monoisotopic (exact) mass is 280 g/mol. The van der Waals surface area contributed by atoms with E-state index in [1.807, 2.05) is 6.92 Å². The van der Waals surface area contributed by atoms with E-state index in [1.165, 1.54) is 0 Å². The van der Waals surface area contributed by atoms with Gasteiger partial charge in [-0.1, -0.05) is 23.4 Å². The van der Waals surface area contributed by atoms with E-state index in [9.17, 15) is 4.79 Å². The van der Waals surface area contributed by atoms with Gasteiger partial charge in [0.05, 0.1) is 12.3 Å². The molecule has 0 aliphatic heterocycles. The average molecular weight is 281 g/mol. The molecule has 0 fully saturated rings. The van der Waals surface area contributed by atoms with Crippen molar-refractivity contribution in [1.29, 1.82) is 0 Å². The van der Waals surface area contributed by atoms with Crippen LogP contribution in [0.2, 0.25) is 5.02 Å². The zero-order chi connectivity index (χ0) is 14.3. The lowest BCUT2D eigenvalue weighted by molar-refractivity contribution is 0.224. The van der Waals surface area contributed by atoms with Crippen LogP contribution in [0.3, 0.4) is 0 Å². The molecule has 2 N–H and O–H groups in total. The Morgan fingerprint density at radius 1 is 1.53 bits per heavy atom. The van der Waals surface area contributed by atoms with E-state index in [-0.39, 0.29) is 12.6 Å². The summed E-state index contributed by atoms with van der Waals surface area (Å²) in [6.07, 6.45) is 0.384. The van der Waals surface area contributed by atoms with Crippen LogP contribution in [0.15, 0.2) is 18.2 Å². The van der Waals surface area contributed by atoms with Crippen LogP contribution in [-0.4, -0.2) is 36.2 Å². The summed E-state index contributed by atoms with van der Waals surface area (Å²) >= 11 is 5.92. The van der Waals surface area contributed by atoms with Gasteiger partial charge in [0, 0.05) is 30.6 Å². The van der Waals surface area contributed by atoms with Gasteiger partial charge in [-0.05, 0) is 25.1 Å². The van der Waals surface area contributed by atoms with E-state index in [1.54, 1.807) is 30.1 Å². The topological polar surface area (TPSA) is 52.6 Å². The fourth-order valence-corrected chi connectivity index (χ4v) is 1.47. The predicted molar refractivity (Wildman–Crippen MR) is 77.4 cm³/mol. The molecule has 4 nitrogen and oxygen atoms in total. The van der Waals surface area contributed by atoms with Gasteiger partial charge in [0.2, 0.25) is 0 Å². The number of hydrogen-bond acceptors (Lipinski definition) is 2. The van der Waals surface area contributed by atoms with Gasteiger partial charge in [0.1, 0.15) is 0 Å². The number of benzene rings is 1. The number of aliphatic hydroxyl groups is 1. The summed E-state index contributed by atoms with van der Waals surface area (Å²) in [5, 5.41) is 12.0. The van der Waals surface area contributed by atoms with Crippen molar-refractivity contribution in [2.45, 2.75) is 13.3 Å². The number of nitrogens with zero attached hydrogens (tertiary/aromatic N) is 1. The first-order chi connectivity index (χ1) is 9.08. The highest BCUT2D eigenvalue weighted by atomic mass is 35.5. The molecule has 0 bridgehead atoms. The highest BCUT2D eigenvalue weighted by molar-refractivity contribution is 6.30. The Morgan fingerprint density at radius 3 is 2.89 bits per heavy atom. The molecule has 0 radical (unpaired) electrons. The van der Waals surface area contributed by atoms with Crippen LogP contribution in [0.1, 0.15) is 18.9 Å². The Labute approximate surface area is 118 Å². The summed E-state index contributed by atoms with van der Waals surface area (Å²) in [7, 11) is 1.71. The Hall–Kier alpha value is -1.70. The molecular formula is C14H17ClN2O2. The summed E-state index contributed by atoms with van der Waals surface area (Å²) in [5.74, 6) is 5.70. The molecule has 0 atom stereocenters. The zero-order valence-corrected chi connectivity index (χ0v) is 11.8. The van der Waals surface area contributed by atoms with Gasteiger partial charge >= 0.3 is 6.03 Å². The lowest BCUT2D eigenvalue weighted by atomic mass is 10.1. The van der Waals surface area contributed by atoms with Gasteiger partial charge in [-0.3, -0.25) is 0 Å². The summed E-state index contributed by atoms with van der Waals surface area (Å²) in [4.78, 5) is 13.4. The molecule has 0 unspecified atom stereocenters. The fraction of sp³-hybridized carbons (Fsp3) is 0.357. The van der Waals surface area contributed by atoms with Crippen LogP contribution in [0.5, 0.6) is 0 Å². The number of halogens is 1. The third kappa shape index (κ3) is 4.82. The van der Waals surface area contributed by atoms with E-state index in [0.29, 0.717) is 29.2 Å². The molecular weight excluding hydrogens is 264 g/mol. The van der Waals surface area contributed by atoms with Gasteiger partial charge in [0.15, 0.2) is 0 Å². The second-order valence-electron chi connectivity index (χ2n) is 3.91. The van der Waals surface area contributed by atoms with Crippen molar-refractivity contribution < 1.29 is 9.90 Å². The minimum absolute atomic E-state index is 0.00777. The molecule has 5 heteroatoms. The molecule has 0 heterocycles. The van der Waals surface area contributed by atoms with E-state index < -0.39 is 0 Å². The quantitative estimate of drug-likeness (QED) is 0.836. The molecule has 0 saturated carbocycles. The second kappa shape index (κ2) is 7.67. The average Bonchev–Trinajstić information content (AvgIpc) is 2.40. The van der Waals surface area contributed by atoms with Crippen LogP contribution in [0.4, 0.5) is 10.5 Å². The number of urea groups is 1. The normalized spacial score (nSPS) is 9.47. The Morgan fingerprint density at radius 2 is 2.26 bits per heavy atom. The van der Waals surface area contributed by atoms with Crippen molar-refractivity contribution in [3.63, 3.8) is 0 Å². The van der Waals surface area contributed by atoms with Crippen molar-refractivity contribution in [3.05, 3.63) is 28.8 Å². The SMILES string of the molecule is CCN(C)C(=O)Nc1ccc(Cl)cc1C#CCCO. The Kier molecular flexibility index (Phi) is 6.20. The van der Waals surface area contributed by atoms with Crippen molar-refractivity contribution >= 4 is 23.3 Å². The van der Waals surface area contributed by atoms with Gasteiger partial charge in [0.25, 0.3) is 0 Å². The second-order valence-corrected chi connectivity index (χ2v) is 4.35. The number of carbonyl (C=O) groups is 1. The van der Waals surface area contributed by atoms with Crippen LogP contribution in [0, 0.1) is 11.8 Å². The minimum Gasteiger partial charge on any atom is -0.395 e. The number of hydrogen-bond donors (Lipinski definition) is 2. The van der Waals surface area contributed by atoms with Gasteiger partial charge in [-0.15, -0.1) is 0 Å². The summed E-state index contributed by atoms with van der Waals surface area (Å²) in [6, 6.07) is 4.90. The molecule has 0 aliphatic carbocycles. The van der Waals surface area contributed by atoms with Crippen molar-refractivity contribution in [2.75, 3.05) is 25.5 Å². The molecule has 0 saturated heterocycles. The number of rotatable bonds is 3. The zero-order valence-electron chi connectivity index (χ0n) is 11.0. The number of nitrogens with one attached hydrogen (secondary N) is 1. The first-order valence-corrected chi connectivity index (χ1v) is 6.37. The Balaban J connectivity index is 2.94. The maximum atomic E-state index is 11.8. The van der Waals surface area contributed by atoms with Crippen LogP contribution >= 0.6 is 11.6 Å². The highest BCUT2D eigenvalue weighted by Gasteiger charge is 2.09. The standard InChI is InChI=1S/C14H17ClN2O2/c1-3-17(2)14(19)16-13-8-7-12(15)10-11(13)6-4-5-9-18/h7-8,10,18H,3,5,9H2,1-2H3,(H,16,19). The van der Waals surface area contributed by atoms with Crippen LogP contribution in [0.25, 0.3) is 0 Å². The van der Waals surface area contributed by atoms with Crippen molar-refractivity contribution in [2.24, 2.45) is 0 Å². The van der Waals surface area contributed by atoms with Gasteiger partial charge in [-0.25, -0.2) is 4.79 Å². The maximum Gasteiger partial charge on any atom is 0.321 e. The smallest absolute Gasteiger partial charge is 0.321 e. The molecule has 1 rings (SSSR count). The molecule has 1 aromatic rings. The summed E-state index contributed by atoms with van der Waals surface area (Å²) in [6.45, 7) is 2.52. The van der Waals surface area contributed by atoms with E-state index in [4.69, 9.17) is 16.7 Å². The van der Waals surface area contributed by atoms with E-state index >= 15 is 0 Å². The first kappa shape index (κ1) is 15.4. The number of anilines is 1. The highest BCUT2D eigenvalue weighted by Crippen LogP contribution is 2.20. The molecule has 2 amide bonds. The van der Waals surface area contributed by atoms with E-state index in [0.717, 1.165) is 0 Å². The Bertz CT molecular complexity index is 506. The minimum atomic E-state index is -0.199. The third-order valence-corrected chi connectivity index (χ3v) is 2.74. The van der Waals surface area contributed by atoms with Crippen LogP contribution in [-0.2, 0) is 0 Å². The molecule has 0 aromatic heterocycles. The number of aliphatic hydroxyl groups excluding tert-OH is 1. The molecule has 0 aliphatic rings. The lowest BCUT2D eigenvalue weighted by Crippen LogP contribution is -2.31. The maximum absolute atomic E-state index is 11.8. The molecule has 19 heavy (non-hydrogen) atoms. The largest absolute Gasteiger partial charge is 0.395 e. The third-order valence-electron chi connectivity index (χ3n) is 2.50. The molecule has 0 spiro atoms. The van der Waals surface area contributed by atoms with Crippen molar-refractivity contribution in [1.82, 2.24) is 4.90 Å². The van der Waals surface area contributed by atoms with Crippen LogP contribution < -0.4 is 5.32 Å². The van der Waals surface area contributed by atoms with E-state index in [2.05, 4.69) is 17.2 Å². The first-order valence-electron chi connectivity index (χ1n) is 6.00. The number of carbonyl (C=O) groups excluding carboxylic acids is 1. The molecule has 1 aromatic carbocycles. The van der Waals surface area contributed by atoms with Gasteiger partial charge in [-0.2, -0.15) is 0 Å². The number of amides is 2.